The number of hydrogen-bond acceptors (Lipinski definition) is 0. The van der Waals surface area contributed by atoms with Crippen molar-refractivity contribution in [3.8, 4) is 0 Å². The van der Waals surface area contributed by atoms with Gasteiger partial charge in [-0.25, -0.2) is 0 Å². The fourth-order valence-electron chi connectivity index (χ4n) is 0.137. The average molecular weight is 274 g/mol. The van der Waals surface area contributed by atoms with E-state index in [1.807, 2.05) is 0 Å². The van der Waals surface area contributed by atoms with Crippen molar-refractivity contribution in [3.05, 3.63) is 0 Å². The van der Waals surface area contributed by atoms with Gasteiger partial charge in [-0.2, -0.15) is 11.1 Å². The average Bonchev–Trinajstić information content (AvgIpc) is 1.62. The summed E-state index contributed by atoms with van der Waals surface area (Å²) in [6, 6.07) is 0. The van der Waals surface area contributed by atoms with Gasteiger partial charge in [0.15, 0.2) is 0 Å². The predicted molar refractivity (Wildman–Crippen MR) is 53.2 cm³/mol. The van der Waals surface area contributed by atoms with Crippen LogP contribution in [0, 0.1) is 0 Å². The Bertz CT molecular complexity index is 117. The Morgan fingerprint density at radius 1 is 1.40 bits per heavy atom. The molecule has 0 rings (SSSR count). The second-order valence-corrected chi connectivity index (χ2v) is 13.5. The van der Waals surface area contributed by atoms with E-state index in [-0.39, 0.29) is 0 Å². The normalized spacial score (nSPS) is 19.2. The second kappa shape index (κ2) is 3.73. The molecular formula is C3H4Cl5Si2. The Kier molecular flexibility index (Phi) is 4.43. The highest BCUT2D eigenvalue weighted by Crippen LogP contribution is 2.38. The monoisotopic (exact) mass is 271 g/mol. The van der Waals surface area contributed by atoms with Crippen molar-refractivity contribution in [2.24, 2.45) is 0 Å². The van der Waals surface area contributed by atoms with Gasteiger partial charge in [-0.1, -0.05) is 6.55 Å². The summed E-state index contributed by atoms with van der Waals surface area (Å²) in [5.74, 6) is 0. The number of alkyl halides is 4. The minimum atomic E-state index is -2.53. The first-order chi connectivity index (χ1) is 4.19. The Balaban J connectivity index is 4.40. The van der Waals surface area contributed by atoms with Crippen molar-refractivity contribution in [3.63, 3.8) is 0 Å². The molecule has 0 bridgehead atoms. The van der Waals surface area contributed by atoms with Gasteiger partial charge in [-0.15, -0.1) is 46.4 Å². The van der Waals surface area contributed by atoms with Crippen LogP contribution >= 0.6 is 57.5 Å². The van der Waals surface area contributed by atoms with E-state index in [4.69, 9.17) is 57.5 Å². The summed E-state index contributed by atoms with van der Waals surface area (Å²) in [5, 5.41) is 0. The highest BCUT2D eigenvalue weighted by molar-refractivity contribution is 7.34. The molecule has 10 heavy (non-hydrogen) atoms. The molecule has 0 nitrogen and oxygen atoms in total. The van der Waals surface area contributed by atoms with Crippen LogP contribution in [-0.4, -0.2) is 25.7 Å². The molecular weight excluding hydrogens is 269 g/mol. The van der Waals surface area contributed by atoms with Crippen LogP contribution in [0.25, 0.3) is 0 Å². The molecule has 1 atom stereocenters. The molecule has 0 aromatic rings. The molecule has 0 aliphatic carbocycles. The third kappa shape index (κ3) is 2.74. The molecule has 0 aliphatic rings. The van der Waals surface area contributed by atoms with Crippen LogP contribution in [0.4, 0.5) is 0 Å². The fraction of sp³-hybridized carbons (Fsp3) is 1.00. The van der Waals surface area contributed by atoms with Gasteiger partial charge in [0.1, 0.15) is 8.04 Å². The third-order valence-corrected chi connectivity index (χ3v) is 12.8. The van der Waals surface area contributed by atoms with Gasteiger partial charge in [-0.05, 0) is 0 Å². The van der Waals surface area contributed by atoms with E-state index in [2.05, 4.69) is 10.2 Å². The maximum atomic E-state index is 5.91. The van der Waals surface area contributed by atoms with Crippen LogP contribution < -0.4 is 0 Å². The number of halogens is 5. The van der Waals surface area contributed by atoms with Gasteiger partial charge < -0.3 is 0 Å². The summed E-state index contributed by atoms with van der Waals surface area (Å²) in [5.41, 5.74) is 0. The quantitative estimate of drug-likeness (QED) is 0.412. The van der Waals surface area contributed by atoms with Crippen molar-refractivity contribution >= 4 is 75.1 Å². The highest BCUT2D eigenvalue weighted by Gasteiger charge is 2.48. The molecule has 3 radical (unpaired) electrons. The first kappa shape index (κ1) is 11.9. The summed E-state index contributed by atoms with van der Waals surface area (Å²) >= 11 is 28.3. The van der Waals surface area contributed by atoms with Crippen molar-refractivity contribution in [2.75, 3.05) is 0 Å². The molecule has 0 heterocycles. The van der Waals surface area contributed by atoms with Gasteiger partial charge in [0.05, 0.1) is 10.2 Å². The summed E-state index contributed by atoms with van der Waals surface area (Å²) in [7, 11) is 0.509. The van der Waals surface area contributed by atoms with Crippen molar-refractivity contribution in [1.82, 2.24) is 0 Å². The maximum absolute atomic E-state index is 5.91. The molecule has 1 unspecified atom stereocenters. The molecule has 0 saturated carbocycles. The minimum Gasteiger partial charge on any atom is -0.161 e. The van der Waals surface area contributed by atoms with Crippen LogP contribution in [0.5, 0.6) is 0 Å². The van der Waals surface area contributed by atoms with Crippen molar-refractivity contribution in [2.45, 2.75) is 14.6 Å². The first-order valence-corrected chi connectivity index (χ1v) is 8.01. The van der Waals surface area contributed by atoms with Gasteiger partial charge in [0.2, 0.25) is 7.38 Å². The van der Waals surface area contributed by atoms with Crippen LogP contribution in [0.15, 0.2) is 0 Å². The lowest BCUT2D eigenvalue weighted by Crippen LogP contribution is -2.50. The SMILES string of the molecule is C[Si](Cl)(C(Cl)Cl)C([Si])(Cl)Cl. The lowest BCUT2D eigenvalue weighted by atomic mass is 11.7. The molecule has 0 aromatic carbocycles. The third-order valence-electron chi connectivity index (χ3n) is 1.02. The molecule has 0 N–H and O–H groups in total. The zero-order valence-electron chi connectivity index (χ0n) is 4.97. The van der Waals surface area contributed by atoms with E-state index in [0.717, 1.165) is 0 Å². The molecule has 0 aliphatic heterocycles. The Hall–Kier alpha value is 1.88. The summed E-state index contributed by atoms with van der Waals surface area (Å²) in [6.45, 7) is 1.67. The minimum absolute atomic E-state index is 0.707. The Morgan fingerprint density at radius 3 is 1.70 bits per heavy atom. The van der Waals surface area contributed by atoms with Crippen LogP contribution in [-0.2, 0) is 0 Å². The maximum Gasteiger partial charge on any atom is 0.220 e. The zero-order chi connectivity index (χ0) is 8.58. The van der Waals surface area contributed by atoms with E-state index >= 15 is 0 Å². The lowest BCUT2D eigenvalue weighted by molar-refractivity contribution is 1.50. The topological polar surface area (TPSA) is 0 Å². The summed E-state index contributed by atoms with van der Waals surface area (Å²) in [4.78, 5) is 0. The van der Waals surface area contributed by atoms with E-state index in [1.165, 1.54) is 0 Å². The predicted octanol–water partition coefficient (Wildman–Crippen LogP) is 2.98. The van der Waals surface area contributed by atoms with Gasteiger partial charge in [0, 0.05) is 0 Å². The standard InChI is InChI=1S/C3H4Cl5Si2/c1-10(8,2(4)5)3(6,7)9/h2H,1H3. The van der Waals surface area contributed by atoms with Gasteiger partial charge in [-0.3, -0.25) is 0 Å². The number of rotatable bonds is 2. The molecule has 0 aromatic heterocycles. The van der Waals surface area contributed by atoms with E-state index < -0.39 is 15.4 Å². The summed E-state index contributed by atoms with van der Waals surface area (Å²) < 4.78 is -1.90. The smallest absolute Gasteiger partial charge is 0.161 e. The highest BCUT2D eigenvalue weighted by atomic mass is 35.6. The Morgan fingerprint density at radius 2 is 1.70 bits per heavy atom. The zero-order valence-corrected chi connectivity index (χ0v) is 10.7. The Labute approximate surface area is 89.2 Å². The van der Waals surface area contributed by atoms with Crippen LogP contribution in [0.1, 0.15) is 0 Å². The van der Waals surface area contributed by atoms with Crippen LogP contribution in [0.3, 0.4) is 0 Å². The largest absolute Gasteiger partial charge is 0.220 e. The van der Waals surface area contributed by atoms with E-state index in [1.54, 1.807) is 6.55 Å². The molecule has 0 amide bonds. The van der Waals surface area contributed by atoms with E-state index in [9.17, 15) is 0 Å². The molecule has 0 fully saturated rings. The fourth-order valence-corrected chi connectivity index (χ4v) is 3.70. The lowest BCUT2D eigenvalue weighted by Gasteiger charge is -2.29. The molecule has 7 heteroatoms. The van der Waals surface area contributed by atoms with Gasteiger partial charge in [0.25, 0.3) is 0 Å². The van der Waals surface area contributed by atoms with Crippen molar-refractivity contribution < 1.29 is 0 Å². The first-order valence-electron chi connectivity index (χ1n) is 2.29. The van der Waals surface area contributed by atoms with E-state index in [0.29, 0.717) is 0 Å². The molecule has 0 spiro atoms. The summed E-state index contributed by atoms with van der Waals surface area (Å²) in [6.07, 6.45) is 0. The number of hydrogen-bond donors (Lipinski definition) is 0. The van der Waals surface area contributed by atoms with Crippen LogP contribution in [0.2, 0.25) is 6.55 Å². The second-order valence-electron chi connectivity index (χ2n) is 1.95. The van der Waals surface area contributed by atoms with Gasteiger partial charge >= 0.3 is 0 Å². The molecule has 0 saturated heterocycles. The van der Waals surface area contributed by atoms with Crippen molar-refractivity contribution in [1.29, 1.82) is 0 Å². The molecule has 59 valence electrons.